The van der Waals surface area contributed by atoms with Gasteiger partial charge in [-0.2, -0.15) is 0 Å². The van der Waals surface area contributed by atoms with Crippen LogP contribution in [0.3, 0.4) is 0 Å². The Kier molecular flexibility index (Phi) is 3.50. The van der Waals surface area contributed by atoms with Crippen LogP contribution < -0.4 is 5.32 Å². The molecular weight excluding hydrogens is 252 g/mol. The third kappa shape index (κ3) is 2.19. The van der Waals surface area contributed by atoms with Gasteiger partial charge in [-0.3, -0.25) is 4.79 Å². The zero-order valence-corrected chi connectivity index (χ0v) is 11.6. The molecule has 1 aromatic carbocycles. The fraction of sp³-hybridized carbons (Fsp3) is 0.400. The summed E-state index contributed by atoms with van der Waals surface area (Å²) in [5.41, 5.74) is 3.55. The van der Waals surface area contributed by atoms with E-state index >= 15 is 0 Å². The number of aromatic nitrogens is 3. The predicted molar refractivity (Wildman–Crippen MR) is 77.0 cm³/mol. The summed E-state index contributed by atoms with van der Waals surface area (Å²) >= 11 is 0. The van der Waals surface area contributed by atoms with E-state index in [9.17, 15) is 4.79 Å². The quantitative estimate of drug-likeness (QED) is 0.866. The lowest BCUT2D eigenvalue weighted by Crippen LogP contribution is -2.18. The van der Waals surface area contributed by atoms with E-state index in [0.29, 0.717) is 12.2 Å². The van der Waals surface area contributed by atoms with Crippen molar-refractivity contribution >= 4 is 11.5 Å². The van der Waals surface area contributed by atoms with Gasteiger partial charge < -0.3 is 5.32 Å². The van der Waals surface area contributed by atoms with Crippen LogP contribution in [0.1, 0.15) is 41.4 Å². The topological polar surface area (TPSA) is 59.8 Å². The lowest BCUT2D eigenvalue weighted by molar-refractivity contribution is 0.102. The number of carbonyl (C=O) groups excluding carboxylic acids is 1. The Morgan fingerprint density at radius 2 is 2.35 bits per heavy atom. The molecule has 1 N–H and O–H groups in total. The van der Waals surface area contributed by atoms with Crippen molar-refractivity contribution in [1.82, 2.24) is 15.0 Å². The van der Waals surface area contributed by atoms with Gasteiger partial charge in [0.2, 0.25) is 5.78 Å². The first kappa shape index (κ1) is 12.8. The molecule has 1 aliphatic rings. The summed E-state index contributed by atoms with van der Waals surface area (Å²) in [5, 5.41) is 11.2. The number of aryl methyl sites for hydroxylation is 1. The van der Waals surface area contributed by atoms with Gasteiger partial charge in [0, 0.05) is 24.3 Å². The summed E-state index contributed by atoms with van der Waals surface area (Å²) in [5.74, 6) is 0.0176. The molecule has 5 nitrogen and oxygen atoms in total. The highest BCUT2D eigenvalue weighted by Crippen LogP contribution is 2.26. The van der Waals surface area contributed by atoms with Gasteiger partial charge in [-0.1, -0.05) is 24.3 Å². The maximum absolute atomic E-state index is 12.7. The summed E-state index contributed by atoms with van der Waals surface area (Å²) in [4.78, 5) is 12.7. The number of fused-ring (bicyclic) bond motifs is 1. The lowest BCUT2D eigenvalue weighted by atomic mass is 9.94. The smallest absolute Gasteiger partial charge is 0.213 e. The van der Waals surface area contributed by atoms with Crippen molar-refractivity contribution < 1.29 is 4.79 Å². The van der Waals surface area contributed by atoms with Gasteiger partial charge in [0.25, 0.3) is 0 Å². The molecule has 0 amide bonds. The molecule has 0 saturated carbocycles. The molecule has 5 heteroatoms. The molecule has 0 spiro atoms. The molecule has 20 heavy (non-hydrogen) atoms. The first-order valence-electron chi connectivity index (χ1n) is 7.10. The standard InChI is InChI=1S/C15H18N4O/c1-2-9-19-14(10-17-18-19)15(20)12-5-3-7-13-11(12)6-4-8-16-13/h3,5,7,10,16H,2,4,6,8-9H2,1H3. The first-order chi connectivity index (χ1) is 9.81. The third-order valence-corrected chi connectivity index (χ3v) is 3.63. The Hall–Kier alpha value is -2.17. The lowest BCUT2D eigenvalue weighted by Gasteiger charge is -2.20. The zero-order chi connectivity index (χ0) is 13.9. The molecule has 0 bridgehead atoms. The monoisotopic (exact) mass is 270 g/mol. The molecule has 0 atom stereocenters. The SMILES string of the molecule is CCCn1nncc1C(=O)c1cccc2c1CCCN2. The van der Waals surface area contributed by atoms with Crippen LogP contribution >= 0.6 is 0 Å². The van der Waals surface area contributed by atoms with E-state index in [-0.39, 0.29) is 5.78 Å². The van der Waals surface area contributed by atoms with Crippen molar-refractivity contribution in [3.8, 4) is 0 Å². The van der Waals surface area contributed by atoms with Crippen LogP contribution in [0.2, 0.25) is 0 Å². The summed E-state index contributed by atoms with van der Waals surface area (Å²) in [6.07, 6.45) is 4.50. The number of hydrogen-bond acceptors (Lipinski definition) is 4. The number of carbonyl (C=O) groups is 1. The van der Waals surface area contributed by atoms with Gasteiger partial charge in [-0.25, -0.2) is 4.68 Å². The maximum Gasteiger partial charge on any atom is 0.213 e. The van der Waals surface area contributed by atoms with E-state index in [1.165, 1.54) is 0 Å². The minimum Gasteiger partial charge on any atom is -0.385 e. The van der Waals surface area contributed by atoms with Gasteiger partial charge in [0.1, 0.15) is 5.69 Å². The van der Waals surface area contributed by atoms with Crippen LogP contribution in [0.25, 0.3) is 0 Å². The minimum atomic E-state index is 0.0176. The second-order valence-electron chi connectivity index (χ2n) is 5.03. The van der Waals surface area contributed by atoms with E-state index in [2.05, 4.69) is 22.6 Å². The molecule has 1 aliphatic heterocycles. The second-order valence-corrected chi connectivity index (χ2v) is 5.03. The van der Waals surface area contributed by atoms with Crippen molar-refractivity contribution in [3.05, 3.63) is 41.2 Å². The number of benzene rings is 1. The highest BCUT2D eigenvalue weighted by Gasteiger charge is 2.21. The normalized spacial score (nSPS) is 13.7. The van der Waals surface area contributed by atoms with E-state index in [1.54, 1.807) is 10.9 Å². The van der Waals surface area contributed by atoms with Gasteiger partial charge in [0.05, 0.1) is 6.20 Å². The summed E-state index contributed by atoms with van der Waals surface area (Å²) in [6.45, 7) is 3.75. The van der Waals surface area contributed by atoms with Crippen LogP contribution in [-0.2, 0) is 13.0 Å². The maximum atomic E-state index is 12.7. The average Bonchev–Trinajstić information content (AvgIpc) is 2.94. The second kappa shape index (κ2) is 5.45. The molecule has 0 fully saturated rings. The minimum absolute atomic E-state index is 0.0176. The number of ketones is 1. The highest BCUT2D eigenvalue weighted by molar-refractivity contribution is 6.09. The van der Waals surface area contributed by atoms with Crippen LogP contribution in [0.4, 0.5) is 5.69 Å². The molecule has 1 aromatic heterocycles. The average molecular weight is 270 g/mol. The molecule has 3 rings (SSSR count). The number of nitrogens with zero attached hydrogens (tertiary/aromatic N) is 3. The van der Waals surface area contributed by atoms with Crippen molar-refractivity contribution in [3.63, 3.8) is 0 Å². The molecule has 104 valence electrons. The fourth-order valence-corrected chi connectivity index (χ4v) is 2.67. The van der Waals surface area contributed by atoms with Gasteiger partial charge >= 0.3 is 0 Å². The van der Waals surface area contributed by atoms with Crippen LogP contribution in [0.5, 0.6) is 0 Å². The largest absolute Gasteiger partial charge is 0.385 e. The zero-order valence-electron chi connectivity index (χ0n) is 11.6. The van der Waals surface area contributed by atoms with Crippen LogP contribution in [-0.4, -0.2) is 27.3 Å². The number of anilines is 1. The molecular formula is C15H18N4O. The molecule has 0 unspecified atom stereocenters. The third-order valence-electron chi connectivity index (χ3n) is 3.63. The first-order valence-corrected chi connectivity index (χ1v) is 7.10. The number of rotatable bonds is 4. The molecule has 0 radical (unpaired) electrons. The van der Waals surface area contributed by atoms with E-state index in [1.807, 2.05) is 18.2 Å². The summed E-state index contributed by atoms with van der Waals surface area (Å²) < 4.78 is 1.69. The van der Waals surface area contributed by atoms with Gasteiger partial charge in [-0.15, -0.1) is 5.10 Å². The van der Waals surface area contributed by atoms with E-state index in [0.717, 1.165) is 42.6 Å². The van der Waals surface area contributed by atoms with Crippen LogP contribution in [0, 0.1) is 0 Å². The van der Waals surface area contributed by atoms with Gasteiger partial charge in [-0.05, 0) is 30.9 Å². The number of nitrogens with one attached hydrogen (secondary N) is 1. The highest BCUT2D eigenvalue weighted by atomic mass is 16.1. The Morgan fingerprint density at radius 3 is 3.20 bits per heavy atom. The van der Waals surface area contributed by atoms with Crippen molar-refractivity contribution in [2.24, 2.45) is 0 Å². The Bertz CT molecular complexity index is 633. The Morgan fingerprint density at radius 1 is 1.45 bits per heavy atom. The van der Waals surface area contributed by atoms with Crippen molar-refractivity contribution in [1.29, 1.82) is 0 Å². The number of hydrogen-bond donors (Lipinski definition) is 1. The van der Waals surface area contributed by atoms with Crippen molar-refractivity contribution in [2.75, 3.05) is 11.9 Å². The van der Waals surface area contributed by atoms with E-state index < -0.39 is 0 Å². The molecule has 2 aromatic rings. The molecule has 0 saturated heterocycles. The Labute approximate surface area is 118 Å². The molecule has 2 heterocycles. The van der Waals surface area contributed by atoms with Gasteiger partial charge in [0.15, 0.2) is 0 Å². The van der Waals surface area contributed by atoms with E-state index in [4.69, 9.17) is 0 Å². The fourth-order valence-electron chi connectivity index (χ4n) is 2.67. The van der Waals surface area contributed by atoms with Crippen molar-refractivity contribution in [2.45, 2.75) is 32.7 Å². The van der Waals surface area contributed by atoms with Crippen LogP contribution in [0.15, 0.2) is 24.4 Å². The Balaban J connectivity index is 2.00. The summed E-state index contributed by atoms with van der Waals surface area (Å²) in [7, 11) is 0. The predicted octanol–water partition coefficient (Wildman–Crippen LogP) is 2.28. The molecule has 0 aliphatic carbocycles. The summed E-state index contributed by atoms with van der Waals surface area (Å²) in [6, 6.07) is 5.86.